The average molecular weight is 300 g/mol. The highest BCUT2D eigenvalue weighted by Crippen LogP contribution is 2.41. The fourth-order valence-corrected chi connectivity index (χ4v) is 2.68. The first-order valence-corrected chi connectivity index (χ1v) is 7.01. The fraction of sp³-hybridized carbons (Fsp3) is 0.571. The lowest BCUT2D eigenvalue weighted by molar-refractivity contribution is -0.195. The van der Waals surface area contributed by atoms with Gasteiger partial charge in [0.25, 0.3) is 0 Å². The summed E-state index contributed by atoms with van der Waals surface area (Å²) in [5, 5.41) is 2.77. The minimum Gasteiger partial charge on any atom is -0.370 e. The van der Waals surface area contributed by atoms with Gasteiger partial charge in [-0.05, 0) is 30.9 Å². The number of hydrogen-bond donors (Lipinski definition) is 2. The molecule has 2 atom stereocenters. The molecule has 0 aliphatic heterocycles. The van der Waals surface area contributed by atoms with Crippen molar-refractivity contribution in [3.8, 4) is 0 Å². The van der Waals surface area contributed by atoms with E-state index in [2.05, 4.69) is 15.3 Å². The van der Waals surface area contributed by atoms with Crippen LogP contribution in [0.4, 0.5) is 19.0 Å². The molecule has 0 radical (unpaired) electrons. The maximum atomic E-state index is 13.0. The molecule has 1 heterocycles. The largest absolute Gasteiger partial charge is 0.392 e. The van der Waals surface area contributed by atoms with Crippen LogP contribution in [0.3, 0.4) is 0 Å². The summed E-state index contributed by atoms with van der Waals surface area (Å²) in [5.41, 5.74) is 5.70. The number of aromatic nitrogens is 1. The third-order valence-electron chi connectivity index (χ3n) is 3.75. The number of alkyl halides is 3. The van der Waals surface area contributed by atoms with E-state index >= 15 is 0 Å². The SMILES string of the molecule is NC(=NC[C@H]1CCCC[C@H]1C(F)(F)F)Nc1ccccn1. The number of pyridine rings is 1. The molecule has 0 saturated heterocycles. The maximum Gasteiger partial charge on any atom is 0.392 e. The number of anilines is 1. The predicted octanol–water partition coefficient (Wildman–Crippen LogP) is 3.18. The van der Waals surface area contributed by atoms with Crippen LogP contribution >= 0.6 is 0 Å². The van der Waals surface area contributed by atoms with Crippen LogP contribution in [0.1, 0.15) is 25.7 Å². The van der Waals surface area contributed by atoms with Gasteiger partial charge in [0.1, 0.15) is 5.82 Å². The lowest BCUT2D eigenvalue weighted by Gasteiger charge is -2.32. The second-order valence-corrected chi connectivity index (χ2v) is 5.26. The molecule has 3 N–H and O–H groups in total. The van der Waals surface area contributed by atoms with Gasteiger partial charge >= 0.3 is 6.18 Å². The van der Waals surface area contributed by atoms with Gasteiger partial charge in [0.15, 0.2) is 5.96 Å². The first-order chi connectivity index (χ1) is 9.97. The number of hydrogen-bond acceptors (Lipinski definition) is 2. The lowest BCUT2D eigenvalue weighted by Crippen LogP contribution is -2.35. The number of nitrogens with one attached hydrogen (secondary N) is 1. The van der Waals surface area contributed by atoms with Crippen LogP contribution in [-0.4, -0.2) is 23.7 Å². The van der Waals surface area contributed by atoms with Crippen LogP contribution in [0.5, 0.6) is 0 Å². The summed E-state index contributed by atoms with van der Waals surface area (Å²) in [4.78, 5) is 8.07. The van der Waals surface area contributed by atoms with Crippen molar-refractivity contribution in [2.75, 3.05) is 11.9 Å². The van der Waals surface area contributed by atoms with E-state index < -0.39 is 18.0 Å². The molecule has 7 heteroatoms. The Morgan fingerprint density at radius 3 is 2.76 bits per heavy atom. The number of aliphatic imine (C=N–C) groups is 1. The highest BCUT2D eigenvalue weighted by molar-refractivity contribution is 5.91. The molecule has 2 rings (SSSR count). The van der Waals surface area contributed by atoms with Crippen molar-refractivity contribution in [2.45, 2.75) is 31.9 Å². The van der Waals surface area contributed by atoms with Gasteiger partial charge in [0.05, 0.1) is 5.92 Å². The summed E-state index contributed by atoms with van der Waals surface area (Å²) in [5.74, 6) is -1.13. The Bertz CT molecular complexity index is 473. The van der Waals surface area contributed by atoms with E-state index in [1.54, 1.807) is 24.4 Å². The lowest BCUT2D eigenvalue weighted by atomic mass is 9.79. The minimum atomic E-state index is -4.15. The van der Waals surface area contributed by atoms with Crippen molar-refractivity contribution in [1.82, 2.24) is 4.98 Å². The Morgan fingerprint density at radius 1 is 1.33 bits per heavy atom. The first-order valence-electron chi connectivity index (χ1n) is 7.01. The van der Waals surface area contributed by atoms with Crippen molar-refractivity contribution in [3.05, 3.63) is 24.4 Å². The number of guanidine groups is 1. The van der Waals surface area contributed by atoms with E-state index in [0.29, 0.717) is 18.7 Å². The Balaban J connectivity index is 1.94. The van der Waals surface area contributed by atoms with Gasteiger partial charge in [0.2, 0.25) is 0 Å². The van der Waals surface area contributed by atoms with E-state index in [9.17, 15) is 13.2 Å². The standard InChI is InChI=1S/C14H19F3N4/c15-14(16,17)11-6-2-1-5-10(11)9-20-13(18)21-12-7-3-4-8-19-12/h3-4,7-8,10-11H,1-2,5-6,9H2,(H3,18,19,20,21)/t10-,11-/m1/s1. The van der Waals surface area contributed by atoms with E-state index in [0.717, 1.165) is 6.42 Å². The molecule has 4 nitrogen and oxygen atoms in total. The summed E-state index contributed by atoms with van der Waals surface area (Å²) < 4.78 is 38.9. The van der Waals surface area contributed by atoms with Gasteiger partial charge in [-0.1, -0.05) is 18.9 Å². The third kappa shape index (κ3) is 4.61. The molecule has 1 saturated carbocycles. The monoisotopic (exact) mass is 300 g/mol. The predicted molar refractivity (Wildman–Crippen MR) is 75.9 cm³/mol. The van der Waals surface area contributed by atoms with Crippen LogP contribution < -0.4 is 11.1 Å². The van der Waals surface area contributed by atoms with Gasteiger partial charge in [-0.2, -0.15) is 13.2 Å². The second kappa shape index (κ2) is 6.78. The summed E-state index contributed by atoms with van der Waals surface area (Å²) in [6, 6.07) is 5.25. The van der Waals surface area contributed by atoms with Crippen molar-refractivity contribution >= 4 is 11.8 Å². The molecular formula is C14H19F3N4. The molecule has 0 spiro atoms. The van der Waals surface area contributed by atoms with Crippen LogP contribution in [0.15, 0.2) is 29.4 Å². The first kappa shape index (κ1) is 15.6. The summed E-state index contributed by atoms with van der Waals surface area (Å²) >= 11 is 0. The van der Waals surface area contributed by atoms with Crippen LogP contribution in [-0.2, 0) is 0 Å². The Hall–Kier alpha value is -1.79. The maximum absolute atomic E-state index is 13.0. The van der Waals surface area contributed by atoms with Crippen molar-refractivity contribution in [1.29, 1.82) is 0 Å². The zero-order valence-electron chi connectivity index (χ0n) is 11.6. The third-order valence-corrected chi connectivity index (χ3v) is 3.75. The van der Waals surface area contributed by atoms with Crippen molar-refractivity contribution < 1.29 is 13.2 Å². The average Bonchev–Trinajstić information content (AvgIpc) is 2.45. The molecule has 0 unspecified atom stereocenters. The molecule has 1 aromatic heterocycles. The zero-order valence-corrected chi connectivity index (χ0v) is 11.6. The highest BCUT2D eigenvalue weighted by atomic mass is 19.4. The normalized spacial score (nSPS) is 23.9. The topological polar surface area (TPSA) is 63.3 Å². The molecule has 0 aromatic carbocycles. The van der Waals surface area contributed by atoms with E-state index in [1.807, 2.05) is 0 Å². The zero-order chi connectivity index (χ0) is 15.3. The van der Waals surface area contributed by atoms with Crippen molar-refractivity contribution in [2.24, 2.45) is 22.6 Å². The molecule has 1 aliphatic carbocycles. The fourth-order valence-electron chi connectivity index (χ4n) is 2.68. The Morgan fingerprint density at radius 2 is 2.10 bits per heavy atom. The molecule has 0 bridgehead atoms. The van der Waals surface area contributed by atoms with Gasteiger partial charge in [-0.3, -0.25) is 4.99 Å². The highest BCUT2D eigenvalue weighted by Gasteiger charge is 2.45. The number of nitrogens with two attached hydrogens (primary N) is 1. The molecule has 1 aromatic rings. The van der Waals surface area contributed by atoms with Gasteiger partial charge in [-0.15, -0.1) is 0 Å². The smallest absolute Gasteiger partial charge is 0.370 e. The summed E-state index contributed by atoms with van der Waals surface area (Å²) in [6.45, 7) is 0.0931. The summed E-state index contributed by atoms with van der Waals surface area (Å²) in [7, 11) is 0. The van der Waals surface area contributed by atoms with E-state index in [1.165, 1.54) is 0 Å². The number of nitrogens with zero attached hydrogens (tertiary/aromatic N) is 2. The second-order valence-electron chi connectivity index (χ2n) is 5.26. The summed E-state index contributed by atoms with van der Waals surface area (Å²) in [6.07, 6.45) is -0.367. The molecule has 0 amide bonds. The molecule has 1 aliphatic rings. The van der Waals surface area contributed by atoms with Crippen LogP contribution in [0.2, 0.25) is 0 Å². The number of halogens is 3. The van der Waals surface area contributed by atoms with Crippen LogP contribution in [0, 0.1) is 11.8 Å². The van der Waals surface area contributed by atoms with E-state index in [4.69, 9.17) is 5.73 Å². The number of rotatable bonds is 3. The van der Waals surface area contributed by atoms with E-state index in [-0.39, 0.29) is 18.9 Å². The minimum absolute atomic E-state index is 0.0931. The van der Waals surface area contributed by atoms with Crippen LogP contribution in [0.25, 0.3) is 0 Å². The van der Waals surface area contributed by atoms with Crippen molar-refractivity contribution in [3.63, 3.8) is 0 Å². The Kier molecular flexibility index (Phi) is 5.03. The molecular weight excluding hydrogens is 281 g/mol. The Labute approximate surface area is 121 Å². The van der Waals surface area contributed by atoms with Gasteiger partial charge < -0.3 is 11.1 Å². The van der Waals surface area contributed by atoms with Gasteiger partial charge in [0, 0.05) is 12.7 Å². The quantitative estimate of drug-likeness (QED) is 0.665. The molecule has 116 valence electrons. The molecule has 21 heavy (non-hydrogen) atoms. The molecule has 1 fully saturated rings. The van der Waals surface area contributed by atoms with Gasteiger partial charge in [-0.25, -0.2) is 4.98 Å².